The van der Waals surface area contributed by atoms with Crippen LogP contribution in [0.3, 0.4) is 0 Å². The van der Waals surface area contributed by atoms with Gasteiger partial charge in [0.2, 0.25) is 0 Å². The van der Waals surface area contributed by atoms with E-state index in [2.05, 4.69) is 17.5 Å². The Labute approximate surface area is 137 Å². The maximum Gasteiger partial charge on any atom is 0.322 e. The first-order chi connectivity index (χ1) is 10.6. The molecule has 0 spiro atoms. The Morgan fingerprint density at radius 2 is 2.00 bits per heavy atom. The van der Waals surface area contributed by atoms with Gasteiger partial charge in [-0.25, -0.2) is 0 Å². The van der Waals surface area contributed by atoms with E-state index in [1.165, 1.54) is 19.3 Å². The number of hydrogen-bond acceptors (Lipinski definition) is 3. The Hall–Kier alpha value is -0.740. The van der Waals surface area contributed by atoms with Crippen LogP contribution in [0, 0.1) is 11.8 Å². The number of rotatable bonds is 6. The van der Waals surface area contributed by atoms with E-state index in [0.29, 0.717) is 11.8 Å². The Morgan fingerprint density at radius 3 is 2.50 bits per heavy atom. The number of carbonyl (C=O) groups is 1. The molecule has 2 saturated carbocycles. The highest BCUT2D eigenvalue weighted by molar-refractivity contribution is 8.01. The molecule has 122 valence electrons. The lowest BCUT2D eigenvalue weighted by atomic mass is 9.64. The van der Waals surface area contributed by atoms with E-state index in [1.807, 2.05) is 31.7 Å². The number of nitrogens with one attached hydrogen (secondary N) is 1. The van der Waals surface area contributed by atoms with Crippen LogP contribution in [0.25, 0.3) is 0 Å². The van der Waals surface area contributed by atoms with Crippen molar-refractivity contribution in [1.29, 1.82) is 0 Å². The molecule has 2 saturated heterocycles. The number of allylic oxidation sites excluding steroid dienone is 2. The van der Waals surface area contributed by atoms with E-state index in [0.717, 1.165) is 30.3 Å². The van der Waals surface area contributed by atoms with Gasteiger partial charge in [0.25, 0.3) is 0 Å². The minimum Gasteiger partial charge on any atom is -0.480 e. The average molecular weight is 321 g/mol. The fourth-order valence-electron chi connectivity index (χ4n) is 4.92. The number of carboxylic acid groups (broad SMARTS) is 1. The SMILES string of the molecule is CC=CC(=CC)CNC(C(=O)O)C12CC3CC(CC(C3)S1)C2. The molecule has 2 N–H and O–H groups in total. The smallest absolute Gasteiger partial charge is 0.322 e. The van der Waals surface area contributed by atoms with E-state index in [1.54, 1.807) is 0 Å². The normalized spacial score (nSPS) is 38.6. The Balaban J connectivity index is 1.75. The lowest BCUT2D eigenvalue weighted by Crippen LogP contribution is -2.61. The van der Waals surface area contributed by atoms with Crippen LogP contribution >= 0.6 is 11.8 Å². The van der Waals surface area contributed by atoms with Gasteiger partial charge in [-0.05, 0) is 63.4 Å². The number of thioether (sulfide) groups is 1. The van der Waals surface area contributed by atoms with Gasteiger partial charge in [0, 0.05) is 16.5 Å². The molecule has 4 heteroatoms. The zero-order valence-electron chi connectivity index (χ0n) is 13.5. The monoisotopic (exact) mass is 321 g/mol. The first-order valence-electron chi connectivity index (χ1n) is 8.48. The summed E-state index contributed by atoms with van der Waals surface area (Å²) in [5.41, 5.74) is 1.16. The van der Waals surface area contributed by atoms with Crippen molar-refractivity contribution in [2.75, 3.05) is 6.54 Å². The Bertz CT molecular complexity index is 462. The van der Waals surface area contributed by atoms with Crippen molar-refractivity contribution < 1.29 is 9.90 Å². The summed E-state index contributed by atoms with van der Waals surface area (Å²) in [6.07, 6.45) is 12.3. The topological polar surface area (TPSA) is 49.3 Å². The third-order valence-electron chi connectivity index (χ3n) is 5.56. The average Bonchev–Trinajstić information content (AvgIpc) is 2.44. The second-order valence-corrected chi connectivity index (χ2v) is 8.88. The van der Waals surface area contributed by atoms with Gasteiger partial charge in [0.05, 0.1) is 0 Å². The van der Waals surface area contributed by atoms with Gasteiger partial charge in [-0.1, -0.05) is 18.2 Å². The fourth-order valence-corrected chi connectivity index (χ4v) is 7.30. The molecule has 4 aliphatic rings. The summed E-state index contributed by atoms with van der Waals surface area (Å²) in [5.74, 6) is 0.851. The molecule has 2 aliphatic carbocycles. The second kappa shape index (κ2) is 6.40. The van der Waals surface area contributed by atoms with Gasteiger partial charge in [-0.15, -0.1) is 11.8 Å². The van der Waals surface area contributed by atoms with E-state index < -0.39 is 12.0 Å². The molecular formula is C18H27NO2S. The van der Waals surface area contributed by atoms with Crippen LogP contribution in [0.5, 0.6) is 0 Å². The van der Waals surface area contributed by atoms with Crippen LogP contribution in [-0.4, -0.2) is 33.7 Å². The molecule has 2 aliphatic heterocycles. The maximum atomic E-state index is 12.0. The zero-order valence-corrected chi connectivity index (χ0v) is 14.4. The molecule has 2 heterocycles. The molecule has 0 aromatic heterocycles. The van der Waals surface area contributed by atoms with E-state index in [9.17, 15) is 9.90 Å². The van der Waals surface area contributed by atoms with Crippen LogP contribution in [0.4, 0.5) is 0 Å². The lowest BCUT2D eigenvalue weighted by Gasteiger charge is -2.58. The van der Waals surface area contributed by atoms with Gasteiger partial charge >= 0.3 is 5.97 Å². The van der Waals surface area contributed by atoms with Crippen molar-refractivity contribution in [2.24, 2.45) is 11.8 Å². The molecule has 3 atom stereocenters. The van der Waals surface area contributed by atoms with Crippen LogP contribution in [0.2, 0.25) is 0 Å². The predicted octanol–water partition coefficient (Wildman–Crippen LogP) is 3.62. The van der Waals surface area contributed by atoms with Crippen molar-refractivity contribution in [3.8, 4) is 0 Å². The van der Waals surface area contributed by atoms with Crippen molar-refractivity contribution in [3.63, 3.8) is 0 Å². The van der Waals surface area contributed by atoms with Crippen molar-refractivity contribution >= 4 is 17.7 Å². The highest BCUT2D eigenvalue weighted by Crippen LogP contribution is 2.61. The molecule has 0 aromatic carbocycles. The first kappa shape index (κ1) is 16.1. The van der Waals surface area contributed by atoms with Crippen LogP contribution < -0.4 is 5.32 Å². The molecular weight excluding hydrogens is 294 g/mol. The highest BCUT2D eigenvalue weighted by atomic mass is 32.2. The van der Waals surface area contributed by atoms with E-state index in [-0.39, 0.29) is 4.75 Å². The van der Waals surface area contributed by atoms with Gasteiger partial charge in [0.15, 0.2) is 0 Å². The molecule has 0 amide bonds. The number of carboxylic acids is 1. The third-order valence-corrected chi connectivity index (χ3v) is 7.32. The van der Waals surface area contributed by atoms with Gasteiger partial charge < -0.3 is 5.11 Å². The molecule has 22 heavy (non-hydrogen) atoms. The molecule has 4 bridgehead atoms. The molecule has 4 fully saturated rings. The van der Waals surface area contributed by atoms with Crippen molar-refractivity contribution in [2.45, 2.75) is 62.0 Å². The summed E-state index contributed by atoms with van der Waals surface area (Å²) in [4.78, 5) is 12.0. The molecule has 3 nitrogen and oxygen atoms in total. The zero-order chi connectivity index (χ0) is 15.7. The highest BCUT2D eigenvalue weighted by Gasteiger charge is 2.56. The quantitative estimate of drug-likeness (QED) is 0.734. The minimum absolute atomic E-state index is 0.0740. The molecule has 0 aromatic rings. The largest absolute Gasteiger partial charge is 0.480 e. The van der Waals surface area contributed by atoms with Crippen LogP contribution in [-0.2, 0) is 4.79 Å². The second-order valence-electron chi connectivity index (χ2n) is 7.17. The first-order valence-corrected chi connectivity index (χ1v) is 9.36. The van der Waals surface area contributed by atoms with Crippen LogP contribution in [0.15, 0.2) is 23.8 Å². The van der Waals surface area contributed by atoms with Crippen molar-refractivity contribution in [3.05, 3.63) is 23.8 Å². The van der Waals surface area contributed by atoms with Crippen LogP contribution in [0.1, 0.15) is 46.0 Å². The predicted molar refractivity (Wildman–Crippen MR) is 92.2 cm³/mol. The van der Waals surface area contributed by atoms with E-state index in [4.69, 9.17) is 0 Å². The van der Waals surface area contributed by atoms with Gasteiger partial charge in [-0.3, -0.25) is 10.1 Å². The number of aliphatic carboxylic acids is 1. The maximum absolute atomic E-state index is 12.0. The minimum atomic E-state index is -0.676. The standard InChI is InChI=1S/C18H27NO2S/c1-3-5-12(4-2)11-19-16(17(20)21)18-9-13-6-14(10-18)8-15(7-13)22-18/h3-5,13-16,19H,6-11H2,1-2H3,(H,20,21). The molecule has 4 rings (SSSR count). The van der Waals surface area contributed by atoms with Crippen molar-refractivity contribution in [1.82, 2.24) is 5.32 Å². The Morgan fingerprint density at radius 1 is 1.32 bits per heavy atom. The summed E-state index contributed by atoms with van der Waals surface area (Å²) >= 11 is 1.98. The van der Waals surface area contributed by atoms with Gasteiger partial charge in [0.1, 0.15) is 6.04 Å². The lowest BCUT2D eigenvalue weighted by molar-refractivity contribution is -0.141. The summed E-state index contributed by atoms with van der Waals surface area (Å²) in [5, 5.41) is 13.9. The van der Waals surface area contributed by atoms with Gasteiger partial charge in [-0.2, -0.15) is 0 Å². The fraction of sp³-hybridized carbons (Fsp3) is 0.722. The molecule has 3 unspecified atom stereocenters. The summed E-state index contributed by atoms with van der Waals surface area (Å²) in [6.45, 7) is 4.64. The molecule has 0 radical (unpaired) electrons. The Kier molecular flexibility index (Phi) is 4.69. The van der Waals surface area contributed by atoms with E-state index >= 15 is 0 Å². The number of hydrogen-bond donors (Lipinski definition) is 2. The summed E-state index contributed by atoms with van der Waals surface area (Å²) < 4.78 is -0.0740. The summed E-state index contributed by atoms with van der Waals surface area (Å²) in [6, 6.07) is -0.425. The summed E-state index contributed by atoms with van der Waals surface area (Å²) in [7, 11) is 0. The third kappa shape index (κ3) is 3.00.